The minimum atomic E-state index is -0.648. The number of Topliss-reactive ketones (excluding diaryl/α,β-unsaturated/α-hetero) is 1. The van der Waals surface area contributed by atoms with Gasteiger partial charge in [-0.25, -0.2) is 0 Å². The summed E-state index contributed by atoms with van der Waals surface area (Å²) in [5.41, 5.74) is 0. The number of hydrogen-bond donors (Lipinski definition) is 2. The van der Waals surface area contributed by atoms with Gasteiger partial charge in [-0.1, -0.05) is 0 Å². The fourth-order valence-electron chi connectivity index (χ4n) is 1.65. The van der Waals surface area contributed by atoms with Crippen molar-refractivity contribution < 1.29 is 9.90 Å². The molecule has 2 fully saturated rings. The van der Waals surface area contributed by atoms with Crippen LogP contribution in [0.5, 0.6) is 0 Å². The van der Waals surface area contributed by atoms with Crippen molar-refractivity contribution in [2.75, 3.05) is 13.1 Å². The quantitative estimate of drug-likeness (QED) is 0.491. The lowest BCUT2D eigenvalue weighted by Crippen LogP contribution is -2.51. The van der Waals surface area contributed by atoms with Crippen molar-refractivity contribution in [1.29, 1.82) is 0 Å². The molecule has 1 saturated heterocycles. The van der Waals surface area contributed by atoms with Crippen LogP contribution in [0.3, 0.4) is 0 Å². The van der Waals surface area contributed by atoms with Crippen molar-refractivity contribution in [2.45, 2.75) is 6.10 Å². The van der Waals surface area contributed by atoms with E-state index in [1.807, 2.05) is 0 Å². The largest absolute Gasteiger partial charge is 0.385 e. The zero-order valence-corrected chi connectivity index (χ0v) is 6.23. The Morgan fingerprint density at radius 3 is 2.80 bits per heavy atom. The maximum absolute atomic E-state index is 10.8. The zero-order valence-electron chi connectivity index (χ0n) is 5.41. The topological polar surface area (TPSA) is 49.3 Å². The summed E-state index contributed by atoms with van der Waals surface area (Å²) in [6, 6.07) is 0. The first-order valence-electron chi connectivity index (χ1n) is 3.23. The van der Waals surface area contributed by atoms with Gasteiger partial charge in [-0.3, -0.25) is 4.79 Å². The number of carbonyl (C=O) groups excluding carboxylic acids is 1. The first-order valence-corrected chi connectivity index (χ1v) is 3.23. The predicted molar refractivity (Wildman–Crippen MR) is 38.1 cm³/mol. The number of halogens is 1. The van der Waals surface area contributed by atoms with Gasteiger partial charge in [0.2, 0.25) is 0 Å². The molecule has 3 atom stereocenters. The Bertz CT molecular complexity index is 162. The molecule has 0 spiro atoms. The van der Waals surface area contributed by atoms with Gasteiger partial charge in [-0.05, 0) is 0 Å². The second-order valence-electron chi connectivity index (χ2n) is 2.78. The smallest absolute Gasteiger partial charge is 0.166 e. The van der Waals surface area contributed by atoms with Crippen LogP contribution in [0.2, 0.25) is 0 Å². The van der Waals surface area contributed by atoms with Crippen LogP contribution in [0.25, 0.3) is 0 Å². The molecule has 3 nitrogen and oxygen atoms in total. The van der Waals surface area contributed by atoms with Crippen LogP contribution in [0.1, 0.15) is 0 Å². The summed E-state index contributed by atoms with van der Waals surface area (Å²) in [5, 5.41) is 12.1. The van der Waals surface area contributed by atoms with Gasteiger partial charge in [0.05, 0.1) is 0 Å². The lowest BCUT2D eigenvalue weighted by molar-refractivity contribution is -0.148. The van der Waals surface area contributed by atoms with Crippen molar-refractivity contribution in [3.8, 4) is 0 Å². The Labute approximate surface area is 65.2 Å². The molecule has 0 aromatic rings. The lowest BCUT2D eigenvalue weighted by atomic mass is 9.72. The van der Waals surface area contributed by atoms with Crippen LogP contribution < -0.4 is 5.32 Å². The Morgan fingerprint density at radius 2 is 2.20 bits per heavy atom. The maximum atomic E-state index is 10.8. The Kier molecular flexibility index (Phi) is 1.99. The molecule has 0 amide bonds. The molecule has 0 aromatic carbocycles. The Hall–Kier alpha value is -0.120. The second-order valence-corrected chi connectivity index (χ2v) is 2.78. The standard InChI is InChI=1S/C6H9NO2.ClH/c8-5-3-1-7-2-4(3)6(5)9;/h3-5,7-8H,1-2H2;1H/t3?,4-,5?;/m1./s1. The fourth-order valence-corrected chi connectivity index (χ4v) is 1.65. The first kappa shape index (κ1) is 7.98. The monoisotopic (exact) mass is 163 g/mol. The molecule has 1 heterocycles. The van der Waals surface area contributed by atoms with Crippen molar-refractivity contribution in [3.63, 3.8) is 0 Å². The first-order chi connectivity index (χ1) is 4.30. The molecule has 1 saturated carbocycles. The number of ketones is 1. The van der Waals surface area contributed by atoms with E-state index < -0.39 is 6.10 Å². The van der Waals surface area contributed by atoms with E-state index in [1.165, 1.54) is 0 Å². The summed E-state index contributed by atoms with van der Waals surface area (Å²) >= 11 is 0. The number of fused-ring (bicyclic) bond motifs is 1. The molecule has 2 rings (SSSR count). The predicted octanol–water partition coefficient (Wildman–Crippen LogP) is -0.813. The molecule has 2 unspecified atom stereocenters. The maximum Gasteiger partial charge on any atom is 0.166 e. The summed E-state index contributed by atoms with van der Waals surface area (Å²) < 4.78 is 0. The molecular weight excluding hydrogens is 154 g/mol. The number of hydrogen-bond acceptors (Lipinski definition) is 3. The van der Waals surface area contributed by atoms with E-state index in [-0.39, 0.29) is 30.0 Å². The molecule has 2 N–H and O–H groups in total. The number of aliphatic hydroxyl groups is 1. The van der Waals surface area contributed by atoms with Crippen molar-refractivity contribution in [3.05, 3.63) is 0 Å². The summed E-state index contributed by atoms with van der Waals surface area (Å²) in [7, 11) is 0. The molecule has 1 aliphatic heterocycles. The summed E-state index contributed by atoms with van der Waals surface area (Å²) in [6.07, 6.45) is -0.648. The van der Waals surface area contributed by atoms with Crippen molar-refractivity contribution >= 4 is 18.2 Å². The SMILES string of the molecule is Cl.O=C1C(O)C2CNC[C@@H]12. The van der Waals surface area contributed by atoms with Crippen molar-refractivity contribution in [1.82, 2.24) is 5.32 Å². The van der Waals surface area contributed by atoms with E-state index in [0.29, 0.717) is 0 Å². The van der Waals surface area contributed by atoms with Gasteiger partial charge in [-0.2, -0.15) is 0 Å². The summed E-state index contributed by atoms with van der Waals surface area (Å²) in [6.45, 7) is 1.60. The molecule has 0 aromatic heterocycles. The average Bonchev–Trinajstić information content (AvgIpc) is 2.30. The fraction of sp³-hybridized carbons (Fsp3) is 0.833. The number of nitrogens with one attached hydrogen (secondary N) is 1. The number of carbonyl (C=O) groups is 1. The normalized spacial score (nSPS) is 43.7. The van der Waals surface area contributed by atoms with Gasteiger partial charge >= 0.3 is 0 Å². The van der Waals surface area contributed by atoms with E-state index >= 15 is 0 Å². The van der Waals surface area contributed by atoms with Gasteiger partial charge < -0.3 is 10.4 Å². The third-order valence-corrected chi connectivity index (χ3v) is 2.32. The highest BCUT2D eigenvalue weighted by Crippen LogP contribution is 2.33. The van der Waals surface area contributed by atoms with Gasteiger partial charge in [0.25, 0.3) is 0 Å². The third kappa shape index (κ3) is 0.779. The van der Waals surface area contributed by atoms with E-state index in [0.717, 1.165) is 13.1 Å². The van der Waals surface area contributed by atoms with Crippen LogP contribution in [0.4, 0.5) is 0 Å². The number of rotatable bonds is 0. The van der Waals surface area contributed by atoms with E-state index in [2.05, 4.69) is 5.32 Å². The Morgan fingerprint density at radius 1 is 1.50 bits per heavy atom. The molecule has 4 heteroatoms. The zero-order chi connectivity index (χ0) is 6.43. The second kappa shape index (κ2) is 2.49. The van der Waals surface area contributed by atoms with Crippen LogP contribution in [-0.2, 0) is 4.79 Å². The van der Waals surface area contributed by atoms with Gasteiger partial charge in [0.15, 0.2) is 5.78 Å². The highest BCUT2D eigenvalue weighted by atomic mass is 35.5. The summed E-state index contributed by atoms with van der Waals surface area (Å²) in [4.78, 5) is 10.8. The molecule has 58 valence electrons. The van der Waals surface area contributed by atoms with Gasteiger partial charge in [-0.15, -0.1) is 12.4 Å². The number of aliphatic hydroxyl groups excluding tert-OH is 1. The average molecular weight is 164 g/mol. The van der Waals surface area contributed by atoms with Crippen LogP contribution >= 0.6 is 12.4 Å². The van der Waals surface area contributed by atoms with Gasteiger partial charge in [0.1, 0.15) is 6.10 Å². The molecule has 1 aliphatic carbocycles. The Balaban J connectivity index is 0.000000500. The highest BCUT2D eigenvalue weighted by molar-refractivity contribution is 5.92. The van der Waals surface area contributed by atoms with Gasteiger partial charge in [0, 0.05) is 24.9 Å². The van der Waals surface area contributed by atoms with Crippen LogP contribution in [0.15, 0.2) is 0 Å². The molecule has 0 radical (unpaired) electrons. The minimum Gasteiger partial charge on any atom is -0.385 e. The molecular formula is C6H10ClNO2. The van der Waals surface area contributed by atoms with E-state index in [4.69, 9.17) is 5.11 Å². The molecule has 0 bridgehead atoms. The minimum absolute atomic E-state index is 0. The van der Waals surface area contributed by atoms with Crippen LogP contribution in [-0.4, -0.2) is 30.1 Å². The molecule has 10 heavy (non-hydrogen) atoms. The van der Waals surface area contributed by atoms with E-state index in [1.54, 1.807) is 0 Å². The summed E-state index contributed by atoms with van der Waals surface area (Å²) in [5.74, 6) is 0.405. The lowest BCUT2D eigenvalue weighted by Gasteiger charge is -2.33. The van der Waals surface area contributed by atoms with E-state index in [9.17, 15) is 4.79 Å². The van der Waals surface area contributed by atoms with Crippen molar-refractivity contribution in [2.24, 2.45) is 11.8 Å². The highest BCUT2D eigenvalue weighted by Gasteiger charge is 2.50. The molecule has 2 aliphatic rings. The van der Waals surface area contributed by atoms with Crippen LogP contribution in [0, 0.1) is 11.8 Å². The third-order valence-electron chi connectivity index (χ3n) is 2.32.